The topological polar surface area (TPSA) is 26.0 Å². The van der Waals surface area contributed by atoms with E-state index in [9.17, 15) is 26.3 Å². The summed E-state index contributed by atoms with van der Waals surface area (Å²) in [5.41, 5.74) is 5.01. The second-order valence-corrected chi connectivity index (χ2v) is 2.80. The average molecular weight is 221 g/mol. The molecule has 0 spiro atoms. The third kappa shape index (κ3) is 4.50. The number of allylic oxidation sites excluding steroid dienone is 1. The summed E-state index contributed by atoms with van der Waals surface area (Å²) in [6.45, 7) is 1.28. The van der Waals surface area contributed by atoms with Crippen LogP contribution in [-0.4, -0.2) is 18.4 Å². The highest BCUT2D eigenvalue weighted by molar-refractivity contribution is 4.99. The first-order valence-electron chi connectivity index (χ1n) is 3.62. The first-order valence-corrected chi connectivity index (χ1v) is 3.62. The Labute approximate surface area is 76.6 Å². The van der Waals surface area contributed by atoms with Crippen LogP contribution in [-0.2, 0) is 0 Å². The summed E-state index contributed by atoms with van der Waals surface area (Å²) in [6, 6.07) is -0.845. The van der Waals surface area contributed by atoms with Gasteiger partial charge >= 0.3 is 12.4 Å². The van der Waals surface area contributed by atoms with Crippen molar-refractivity contribution in [3.05, 3.63) is 12.2 Å². The maximum atomic E-state index is 11.9. The highest BCUT2D eigenvalue weighted by Gasteiger charge is 2.54. The van der Waals surface area contributed by atoms with E-state index >= 15 is 0 Å². The molecule has 0 aromatic heterocycles. The molecule has 14 heavy (non-hydrogen) atoms. The van der Waals surface area contributed by atoms with Gasteiger partial charge in [0.25, 0.3) is 0 Å². The number of hydrogen-bond acceptors (Lipinski definition) is 1. The number of halogens is 6. The third-order valence-electron chi connectivity index (χ3n) is 1.31. The molecule has 0 aliphatic heterocycles. The Balaban J connectivity index is 4.77. The summed E-state index contributed by atoms with van der Waals surface area (Å²) in [7, 11) is 0. The van der Waals surface area contributed by atoms with Gasteiger partial charge in [-0.15, -0.1) is 0 Å². The summed E-state index contributed by atoms with van der Waals surface area (Å²) in [5, 5.41) is 0. The van der Waals surface area contributed by atoms with Crippen LogP contribution in [0, 0.1) is 5.92 Å². The molecule has 0 radical (unpaired) electrons. The van der Waals surface area contributed by atoms with Crippen molar-refractivity contribution in [1.82, 2.24) is 0 Å². The van der Waals surface area contributed by atoms with Crippen molar-refractivity contribution in [2.24, 2.45) is 11.7 Å². The van der Waals surface area contributed by atoms with Gasteiger partial charge in [0.15, 0.2) is 5.92 Å². The predicted octanol–water partition coefficient (Wildman–Crippen LogP) is 2.63. The Kier molecular flexibility index (Phi) is 3.99. The van der Waals surface area contributed by atoms with E-state index in [1.54, 1.807) is 0 Å². The molecule has 0 saturated heterocycles. The molecule has 0 aliphatic rings. The standard InChI is InChI=1S/C7H9F6N/c1-4(14)2-3-5(6(8,9)10)7(11,12)13/h2-5H,14H2,1H3/b3-2+. The largest absolute Gasteiger partial charge is 0.403 e. The lowest BCUT2D eigenvalue weighted by Gasteiger charge is -2.19. The second-order valence-electron chi connectivity index (χ2n) is 2.80. The van der Waals surface area contributed by atoms with Crippen LogP contribution in [0.25, 0.3) is 0 Å². The third-order valence-corrected chi connectivity index (χ3v) is 1.31. The molecule has 0 aliphatic carbocycles. The molecule has 7 heteroatoms. The van der Waals surface area contributed by atoms with Crippen molar-refractivity contribution in [3.63, 3.8) is 0 Å². The monoisotopic (exact) mass is 221 g/mol. The van der Waals surface area contributed by atoms with Crippen LogP contribution in [0.2, 0.25) is 0 Å². The molecule has 0 aromatic rings. The van der Waals surface area contributed by atoms with E-state index in [1.807, 2.05) is 0 Å². The lowest BCUT2D eigenvalue weighted by atomic mass is 10.1. The molecule has 1 nitrogen and oxygen atoms in total. The van der Waals surface area contributed by atoms with Gasteiger partial charge < -0.3 is 5.73 Å². The van der Waals surface area contributed by atoms with Gasteiger partial charge in [0, 0.05) is 6.04 Å². The van der Waals surface area contributed by atoms with E-state index in [1.165, 1.54) is 6.92 Å². The van der Waals surface area contributed by atoms with Crippen molar-refractivity contribution >= 4 is 0 Å². The van der Waals surface area contributed by atoms with Gasteiger partial charge in [-0.25, -0.2) is 0 Å². The van der Waals surface area contributed by atoms with Crippen LogP contribution < -0.4 is 5.73 Å². The van der Waals surface area contributed by atoms with E-state index in [0.717, 1.165) is 0 Å². The van der Waals surface area contributed by atoms with E-state index in [2.05, 4.69) is 0 Å². The molecular formula is C7H9F6N. The van der Waals surface area contributed by atoms with Crippen LogP contribution >= 0.6 is 0 Å². The van der Waals surface area contributed by atoms with E-state index in [0.29, 0.717) is 6.08 Å². The highest BCUT2D eigenvalue weighted by Crippen LogP contribution is 2.39. The highest BCUT2D eigenvalue weighted by atomic mass is 19.4. The van der Waals surface area contributed by atoms with Crippen LogP contribution in [0.3, 0.4) is 0 Å². The van der Waals surface area contributed by atoms with Gasteiger partial charge in [0.05, 0.1) is 0 Å². The van der Waals surface area contributed by atoms with Gasteiger partial charge in [-0.05, 0) is 6.92 Å². The van der Waals surface area contributed by atoms with Crippen molar-refractivity contribution in [1.29, 1.82) is 0 Å². The number of alkyl halides is 6. The molecule has 0 aromatic carbocycles. The van der Waals surface area contributed by atoms with Crippen molar-refractivity contribution in [2.45, 2.75) is 25.3 Å². The van der Waals surface area contributed by atoms with Gasteiger partial charge in [0.1, 0.15) is 0 Å². The molecule has 2 N–H and O–H groups in total. The maximum Gasteiger partial charge on any atom is 0.403 e. The molecule has 84 valence electrons. The predicted molar refractivity (Wildman–Crippen MR) is 38.4 cm³/mol. The number of rotatable bonds is 2. The van der Waals surface area contributed by atoms with Crippen LogP contribution in [0.1, 0.15) is 6.92 Å². The lowest BCUT2D eigenvalue weighted by Crippen LogP contribution is -2.35. The Morgan fingerprint density at radius 3 is 1.50 bits per heavy atom. The van der Waals surface area contributed by atoms with Crippen LogP contribution in [0.5, 0.6) is 0 Å². The van der Waals surface area contributed by atoms with Crippen LogP contribution in [0.15, 0.2) is 12.2 Å². The van der Waals surface area contributed by atoms with Crippen molar-refractivity contribution in [3.8, 4) is 0 Å². The minimum atomic E-state index is -5.33. The minimum Gasteiger partial charge on any atom is -0.325 e. The van der Waals surface area contributed by atoms with Gasteiger partial charge in [0.2, 0.25) is 0 Å². The average Bonchev–Trinajstić information content (AvgIpc) is 1.78. The molecule has 0 fully saturated rings. The van der Waals surface area contributed by atoms with Gasteiger partial charge in [-0.1, -0.05) is 12.2 Å². The summed E-state index contributed by atoms with van der Waals surface area (Å²) >= 11 is 0. The van der Waals surface area contributed by atoms with Gasteiger partial charge in [-0.2, -0.15) is 26.3 Å². The Hall–Kier alpha value is -0.720. The first kappa shape index (κ1) is 13.3. The molecule has 0 rings (SSSR count). The second kappa shape index (κ2) is 4.20. The maximum absolute atomic E-state index is 11.9. The van der Waals surface area contributed by atoms with E-state index in [-0.39, 0.29) is 6.08 Å². The zero-order valence-corrected chi connectivity index (χ0v) is 7.15. The molecule has 1 atom stereocenters. The summed E-state index contributed by atoms with van der Waals surface area (Å²) in [6.07, 6.45) is -9.95. The van der Waals surface area contributed by atoms with Crippen molar-refractivity contribution in [2.75, 3.05) is 0 Å². The van der Waals surface area contributed by atoms with E-state index < -0.39 is 24.3 Å². The first-order chi connectivity index (χ1) is 6.05. The fourth-order valence-corrected chi connectivity index (χ4v) is 0.690. The Bertz CT molecular complexity index is 187. The van der Waals surface area contributed by atoms with Gasteiger partial charge in [-0.3, -0.25) is 0 Å². The zero-order valence-electron chi connectivity index (χ0n) is 7.15. The molecular weight excluding hydrogens is 212 g/mol. The molecule has 1 unspecified atom stereocenters. The normalized spacial score (nSPS) is 16.6. The summed E-state index contributed by atoms with van der Waals surface area (Å²) in [4.78, 5) is 0. The number of hydrogen-bond donors (Lipinski definition) is 1. The Morgan fingerprint density at radius 1 is 0.929 bits per heavy atom. The van der Waals surface area contributed by atoms with E-state index in [4.69, 9.17) is 5.73 Å². The molecule has 0 heterocycles. The van der Waals surface area contributed by atoms with Crippen LogP contribution in [0.4, 0.5) is 26.3 Å². The zero-order chi connectivity index (χ0) is 11.6. The smallest absolute Gasteiger partial charge is 0.325 e. The lowest BCUT2D eigenvalue weighted by molar-refractivity contribution is -0.267. The number of nitrogens with two attached hydrogens (primary N) is 1. The fourth-order valence-electron chi connectivity index (χ4n) is 0.690. The molecule has 0 saturated carbocycles. The fraction of sp³-hybridized carbons (Fsp3) is 0.714. The SMILES string of the molecule is CC(N)/C=C/C(C(F)(F)F)C(F)(F)F. The quantitative estimate of drug-likeness (QED) is 0.563. The summed E-state index contributed by atoms with van der Waals surface area (Å²) in [5.74, 6) is -3.44. The Morgan fingerprint density at radius 2 is 1.29 bits per heavy atom. The minimum absolute atomic E-state index is 0.0324. The summed E-state index contributed by atoms with van der Waals surface area (Å²) < 4.78 is 71.1. The van der Waals surface area contributed by atoms with Crippen molar-refractivity contribution < 1.29 is 26.3 Å². The molecule has 0 amide bonds. The molecule has 0 bridgehead atoms.